The largest absolute Gasteiger partial charge is 0.480 e. The average molecular weight is 467 g/mol. The number of carboxylic acid groups (broad SMARTS) is 1. The van der Waals surface area contributed by atoms with E-state index < -0.39 is 30.1 Å². The van der Waals surface area contributed by atoms with Crippen LogP contribution in [0.25, 0.3) is 11.1 Å². The number of carbonyl (C=O) groups excluding carboxylic acids is 2. The van der Waals surface area contributed by atoms with Crippen molar-refractivity contribution in [3.8, 4) is 11.1 Å². The Morgan fingerprint density at radius 2 is 1.50 bits per heavy atom. The summed E-state index contributed by atoms with van der Waals surface area (Å²) in [5.74, 6) is -1.71. The second kappa shape index (κ2) is 10.7. The number of nitrogens with one attached hydrogen (secondary N) is 2. The van der Waals surface area contributed by atoms with Gasteiger partial charge in [0.15, 0.2) is 0 Å². The third-order valence-corrected chi connectivity index (χ3v) is 6.16. The van der Waals surface area contributed by atoms with E-state index in [0.717, 1.165) is 22.3 Å². The third-order valence-electron chi connectivity index (χ3n) is 6.16. The van der Waals surface area contributed by atoms with Gasteiger partial charge in [0.1, 0.15) is 18.7 Å². The van der Waals surface area contributed by atoms with Crippen molar-refractivity contribution >= 4 is 18.0 Å². The van der Waals surface area contributed by atoms with Crippen LogP contribution in [-0.4, -0.2) is 41.8 Å². The van der Waals surface area contributed by atoms with Crippen molar-refractivity contribution in [2.24, 2.45) is 5.41 Å². The van der Waals surface area contributed by atoms with Gasteiger partial charge >= 0.3 is 12.1 Å². The number of rotatable bonds is 9. The third kappa shape index (κ3) is 6.16. The predicted octanol–water partition coefficient (Wildman–Crippen LogP) is 4.70. The number of fused-ring (bicyclic) bond motifs is 3. The van der Waals surface area contributed by atoms with Crippen molar-refractivity contribution in [2.75, 3.05) is 6.61 Å². The summed E-state index contributed by atoms with van der Waals surface area (Å²) in [5.41, 5.74) is 4.41. The molecule has 182 valence electrons. The van der Waals surface area contributed by atoms with Gasteiger partial charge in [-0.2, -0.15) is 0 Å². The molecular weight excluding hydrogens is 432 g/mol. The number of amides is 2. The monoisotopic (exact) mass is 466 g/mol. The molecule has 0 fully saturated rings. The zero-order valence-corrected chi connectivity index (χ0v) is 20.3. The molecule has 34 heavy (non-hydrogen) atoms. The Hall–Kier alpha value is -3.35. The van der Waals surface area contributed by atoms with Gasteiger partial charge in [-0.25, -0.2) is 9.59 Å². The van der Waals surface area contributed by atoms with E-state index in [1.54, 1.807) is 6.92 Å². The molecule has 1 aliphatic rings. The number of carbonyl (C=O) groups is 3. The Bertz CT molecular complexity index is 998. The maximum Gasteiger partial charge on any atom is 0.407 e. The highest BCUT2D eigenvalue weighted by atomic mass is 16.5. The first-order chi connectivity index (χ1) is 16.1. The van der Waals surface area contributed by atoms with Crippen molar-refractivity contribution in [2.45, 2.75) is 65.0 Å². The number of hydrogen-bond acceptors (Lipinski definition) is 4. The first-order valence-corrected chi connectivity index (χ1v) is 11.8. The second-order valence-electron chi connectivity index (χ2n) is 9.93. The van der Waals surface area contributed by atoms with Crippen LogP contribution in [0.1, 0.15) is 64.0 Å². The van der Waals surface area contributed by atoms with Crippen molar-refractivity contribution in [1.29, 1.82) is 0 Å². The Labute approximate surface area is 200 Å². The van der Waals surface area contributed by atoms with E-state index in [-0.39, 0.29) is 24.4 Å². The summed E-state index contributed by atoms with van der Waals surface area (Å²) in [4.78, 5) is 36.9. The Kier molecular flexibility index (Phi) is 7.97. The lowest BCUT2D eigenvalue weighted by molar-refractivity contribution is -0.142. The molecule has 0 spiro atoms. The summed E-state index contributed by atoms with van der Waals surface area (Å²) >= 11 is 0. The second-order valence-corrected chi connectivity index (χ2v) is 9.93. The molecule has 0 aliphatic heterocycles. The van der Waals surface area contributed by atoms with Crippen LogP contribution >= 0.6 is 0 Å². The smallest absolute Gasteiger partial charge is 0.407 e. The number of carboxylic acids is 1. The van der Waals surface area contributed by atoms with Gasteiger partial charge in [0.2, 0.25) is 5.91 Å². The molecule has 2 aromatic rings. The fourth-order valence-electron chi connectivity index (χ4n) is 4.24. The number of benzene rings is 2. The fourth-order valence-corrected chi connectivity index (χ4v) is 4.24. The van der Waals surface area contributed by atoms with E-state index in [0.29, 0.717) is 12.8 Å². The lowest BCUT2D eigenvalue weighted by Crippen LogP contribution is -2.51. The molecule has 1 aliphatic carbocycles. The molecule has 2 amide bonds. The zero-order chi connectivity index (χ0) is 24.9. The van der Waals surface area contributed by atoms with Crippen molar-refractivity contribution in [3.63, 3.8) is 0 Å². The van der Waals surface area contributed by atoms with Crippen LogP contribution in [0.2, 0.25) is 0 Å². The number of ether oxygens (including phenoxy) is 1. The molecule has 7 nitrogen and oxygen atoms in total. The zero-order valence-electron chi connectivity index (χ0n) is 20.3. The fraction of sp³-hybridized carbons (Fsp3) is 0.444. The molecule has 3 rings (SSSR count). The molecule has 3 N–H and O–H groups in total. The summed E-state index contributed by atoms with van der Waals surface area (Å²) in [5, 5.41) is 14.5. The predicted molar refractivity (Wildman–Crippen MR) is 131 cm³/mol. The topological polar surface area (TPSA) is 105 Å². The molecule has 0 radical (unpaired) electrons. The Balaban J connectivity index is 1.68. The number of hydrogen-bond donors (Lipinski definition) is 3. The van der Waals surface area contributed by atoms with E-state index in [9.17, 15) is 19.5 Å². The number of alkyl carbamates (subject to hydrolysis) is 1. The molecule has 1 unspecified atom stereocenters. The van der Waals surface area contributed by atoms with Gasteiger partial charge in [0, 0.05) is 5.92 Å². The first kappa shape index (κ1) is 25.3. The first-order valence-electron chi connectivity index (χ1n) is 11.8. The summed E-state index contributed by atoms with van der Waals surface area (Å²) < 4.78 is 5.58. The molecule has 2 aromatic carbocycles. The van der Waals surface area contributed by atoms with Gasteiger partial charge in [-0.1, -0.05) is 76.2 Å². The minimum Gasteiger partial charge on any atom is -0.480 e. The quantitative estimate of drug-likeness (QED) is 0.497. The Morgan fingerprint density at radius 3 is 2.00 bits per heavy atom. The standard InChI is InChI=1S/C27H34N2O5/c1-5-22(25(31)32)28-24(30)23(14-15-27(2,3)4)29-26(33)34-16-21-19-12-8-6-10-17(19)18-11-7-9-13-20(18)21/h6-13,21-23H,5,14-16H2,1-4H3,(H,28,30)(H,29,33)(H,31,32)/t22-,23?/m1/s1. The van der Waals surface area contributed by atoms with Crippen LogP contribution in [0.5, 0.6) is 0 Å². The van der Waals surface area contributed by atoms with Gasteiger partial charge in [0.05, 0.1) is 0 Å². The molecule has 0 bridgehead atoms. The van der Waals surface area contributed by atoms with Crippen LogP contribution in [0.4, 0.5) is 4.79 Å². The van der Waals surface area contributed by atoms with Crippen molar-refractivity contribution in [3.05, 3.63) is 59.7 Å². The van der Waals surface area contributed by atoms with Gasteiger partial charge in [-0.05, 0) is 46.9 Å². The molecule has 0 heterocycles. The van der Waals surface area contributed by atoms with E-state index >= 15 is 0 Å². The Morgan fingerprint density at radius 1 is 0.941 bits per heavy atom. The average Bonchev–Trinajstić information content (AvgIpc) is 3.11. The van der Waals surface area contributed by atoms with Gasteiger partial charge in [-0.15, -0.1) is 0 Å². The molecule has 2 atom stereocenters. The van der Waals surface area contributed by atoms with E-state index in [2.05, 4.69) is 22.8 Å². The molecule has 7 heteroatoms. The molecule has 0 saturated heterocycles. The van der Waals surface area contributed by atoms with Crippen LogP contribution in [-0.2, 0) is 14.3 Å². The van der Waals surface area contributed by atoms with E-state index in [1.165, 1.54) is 0 Å². The van der Waals surface area contributed by atoms with Gasteiger partial charge < -0.3 is 20.5 Å². The van der Waals surface area contributed by atoms with Crippen molar-refractivity contribution < 1.29 is 24.2 Å². The van der Waals surface area contributed by atoms with E-state index in [4.69, 9.17) is 4.74 Å². The maximum atomic E-state index is 12.8. The molecular formula is C27H34N2O5. The maximum absolute atomic E-state index is 12.8. The minimum absolute atomic E-state index is 0.0572. The molecule has 0 saturated carbocycles. The summed E-state index contributed by atoms with van der Waals surface area (Å²) in [6.45, 7) is 7.95. The van der Waals surface area contributed by atoms with E-state index in [1.807, 2.05) is 57.2 Å². The minimum atomic E-state index is -1.11. The van der Waals surface area contributed by atoms with Crippen LogP contribution in [0.15, 0.2) is 48.5 Å². The normalized spacial score (nSPS) is 14.5. The molecule has 0 aromatic heterocycles. The SMILES string of the molecule is CC[C@@H](NC(=O)C(CCC(C)(C)C)NC(=O)OCC1c2ccccc2-c2ccccc21)C(=O)O. The highest BCUT2D eigenvalue weighted by molar-refractivity contribution is 5.89. The lowest BCUT2D eigenvalue weighted by atomic mass is 9.88. The summed E-state index contributed by atoms with van der Waals surface area (Å²) in [6, 6.07) is 14.2. The van der Waals surface area contributed by atoms with Crippen molar-refractivity contribution in [1.82, 2.24) is 10.6 Å². The summed E-state index contributed by atoms with van der Waals surface area (Å²) in [7, 11) is 0. The lowest BCUT2D eigenvalue weighted by Gasteiger charge is -2.25. The highest BCUT2D eigenvalue weighted by Crippen LogP contribution is 2.44. The summed E-state index contributed by atoms with van der Waals surface area (Å²) in [6.07, 6.45) is 0.589. The number of aliphatic carboxylic acids is 1. The van der Waals surface area contributed by atoms with Gasteiger partial charge in [-0.3, -0.25) is 4.79 Å². The van der Waals surface area contributed by atoms with Gasteiger partial charge in [0.25, 0.3) is 0 Å². The highest BCUT2D eigenvalue weighted by Gasteiger charge is 2.31. The van der Waals surface area contributed by atoms with Crippen LogP contribution in [0.3, 0.4) is 0 Å². The van der Waals surface area contributed by atoms with Crippen LogP contribution in [0, 0.1) is 5.41 Å². The van der Waals surface area contributed by atoms with Crippen LogP contribution < -0.4 is 10.6 Å².